The van der Waals surface area contributed by atoms with Gasteiger partial charge in [0.05, 0.1) is 14.8 Å². The largest absolute Gasteiger partial charge is 0.392 e. The van der Waals surface area contributed by atoms with Crippen LogP contribution in [-0.4, -0.2) is 43.1 Å². The third-order valence-electron chi connectivity index (χ3n) is 8.70. The van der Waals surface area contributed by atoms with E-state index in [1.54, 1.807) is 12.2 Å². The van der Waals surface area contributed by atoms with Gasteiger partial charge in [-0.15, -0.1) is 0 Å². The number of Topliss-reactive ketones (excluding diaryl/α,β-unsaturated/α-hetero) is 1. The van der Waals surface area contributed by atoms with E-state index < -0.39 is 32.2 Å². The van der Waals surface area contributed by atoms with Crippen LogP contribution in [0.5, 0.6) is 0 Å². The van der Waals surface area contributed by atoms with Gasteiger partial charge in [-0.05, 0) is 61.0 Å². The van der Waals surface area contributed by atoms with E-state index >= 15 is 0 Å². The van der Waals surface area contributed by atoms with E-state index in [4.69, 9.17) is 0 Å². The fourth-order valence-electron chi connectivity index (χ4n) is 7.23. The van der Waals surface area contributed by atoms with Crippen molar-refractivity contribution in [3.8, 4) is 0 Å². The van der Waals surface area contributed by atoms with Crippen LogP contribution in [0.2, 0.25) is 0 Å². The van der Waals surface area contributed by atoms with E-state index in [-0.39, 0.29) is 29.3 Å². The molecule has 0 aromatic heterocycles. The van der Waals surface area contributed by atoms with Crippen molar-refractivity contribution in [1.29, 1.82) is 0 Å². The van der Waals surface area contributed by atoms with Crippen LogP contribution >= 0.6 is 31.9 Å². The first kappa shape index (κ1) is 21.0. The highest BCUT2D eigenvalue weighted by Crippen LogP contribution is 2.73. The van der Waals surface area contributed by atoms with Crippen molar-refractivity contribution in [2.75, 3.05) is 6.61 Å². The Morgan fingerprint density at radius 3 is 2.61 bits per heavy atom. The van der Waals surface area contributed by atoms with Gasteiger partial charge in [0.1, 0.15) is 6.61 Å². The third-order valence-corrected chi connectivity index (χ3v) is 12.8. The number of rotatable bonds is 2. The minimum absolute atomic E-state index is 0.0136. The van der Waals surface area contributed by atoms with Gasteiger partial charge in [0.25, 0.3) is 0 Å². The first-order chi connectivity index (χ1) is 13.0. The number of halogens is 2. The number of hydrogen-bond donors (Lipinski definition) is 2. The fourth-order valence-corrected chi connectivity index (χ4v) is 9.09. The number of ketones is 2. The van der Waals surface area contributed by atoms with Gasteiger partial charge in [-0.25, -0.2) is 0 Å². The topological polar surface area (TPSA) is 74.6 Å². The van der Waals surface area contributed by atoms with E-state index in [0.29, 0.717) is 6.42 Å². The number of carbonyl (C=O) groups excluding carboxylic acids is 2. The van der Waals surface area contributed by atoms with Crippen LogP contribution in [0.3, 0.4) is 0 Å². The maximum absolute atomic E-state index is 12.8. The van der Waals surface area contributed by atoms with Crippen LogP contribution in [-0.2, 0) is 9.59 Å². The van der Waals surface area contributed by atoms with Crippen molar-refractivity contribution in [3.05, 3.63) is 23.8 Å². The molecule has 0 amide bonds. The summed E-state index contributed by atoms with van der Waals surface area (Å²) in [5.74, 6) is 0.279. The number of hydrogen-bond acceptors (Lipinski definition) is 4. The van der Waals surface area contributed by atoms with Crippen LogP contribution in [0.25, 0.3) is 0 Å². The maximum Gasteiger partial charge on any atom is 0.178 e. The van der Waals surface area contributed by atoms with Crippen LogP contribution in [0.15, 0.2) is 23.8 Å². The molecule has 3 fully saturated rings. The summed E-state index contributed by atoms with van der Waals surface area (Å²) < 4.78 is -1.41. The normalized spacial score (nSPS) is 52.5. The molecule has 0 spiro atoms. The number of aliphatic hydroxyl groups excluding tert-OH is 2. The summed E-state index contributed by atoms with van der Waals surface area (Å²) in [6.07, 6.45) is 7.67. The molecule has 4 nitrogen and oxygen atoms in total. The zero-order chi connectivity index (χ0) is 20.7. The summed E-state index contributed by atoms with van der Waals surface area (Å²) in [7, 11) is 0. The molecule has 0 unspecified atom stereocenters. The Hall–Kier alpha value is -0.300. The molecule has 2 N–H and O–H groups in total. The lowest BCUT2D eigenvalue weighted by atomic mass is 9.46. The Morgan fingerprint density at radius 1 is 1.29 bits per heavy atom. The Morgan fingerprint density at radius 2 is 1.96 bits per heavy atom. The second-order valence-electron chi connectivity index (χ2n) is 9.69. The molecular formula is C22H28Br2O4. The lowest BCUT2D eigenvalue weighted by Crippen LogP contribution is -2.67. The first-order valence-electron chi connectivity index (χ1n) is 10.1. The molecule has 0 saturated heterocycles. The monoisotopic (exact) mass is 514 g/mol. The van der Waals surface area contributed by atoms with Crippen LogP contribution in [0, 0.1) is 28.6 Å². The quantitative estimate of drug-likeness (QED) is 0.549. The molecular weight excluding hydrogens is 488 g/mol. The van der Waals surface area contributed by atoms with Gasteiger partial charge in [-0.3, -0.25) is 9.59 Å². The summed E-state index contributed by atoms with van der Waals surface area (Å²) in [6, 6.07) is 0. The molecule has 28 heavy (non-hydrogen) atoms. The minimum Gasteiger partial charge on any atom is -0.392 e. The standard InChI is InChI=1S/C22H28Br2O4/c1-12-8-16-15-5-4-13-9-14(26)6-7-19(13,2)22(15,24)17(27)10-20(16,3)21(12,23)18(28)11-25/h6-7,9,12,15-17,25,27H,4-5,8,10-11H2,1-3H3/t12-,15+,16+,17+,19+,20+,21+,22+/m1/s1. The molecule has 6 heteroatoms. The maximum atomic E-state index is 12.8. The zero-order valence-electron chi connectivity index (χ0n) is 16.5. The average Bonchev–Trinajstić information content (AvgIpc) is 2.84. The number of alkyl halides is 2. The number of fused-ring (bicyclic) bond motifs is 5. The van der Waals surface area contributed by atoms with Crippen molar-refractivity contribution in [2.24, 2.45) is 28.6 Å². The third kappa shape index (κ3) is 2.24. The van der Waals surface area contributed by atoms with Crippen molar-refractivity contribution < 1.29 is 19.8 Å². The van der Waals surface area contributed by atoms with E-state index in [0.717, 1.165) is 24.8 Å². The Balaban J connectivity index is 1.84. The number of allylic oxidation sites excluding steroid dienone is 4. The van der Waals surface area contributed by atoms with Gasteiger partial charge < -0.3 is 10.2 Å². The highest BCUT2D eigenvalue weighted by atomic mass is 79.9. The van der Waals surface area contributed by atoms with Gasteiger partial charge in [0.2, 0.25) is 0 Å². The summed E-state index contributed by atoms with van der Waals surface area (Å²) in [5.41, 5.74) is 0.199. The first-order valence-corrected chi connectivity index (χ1v) is 11.7. The smallest absolute Gasteiger partial charge is 0.178 e. The molecule has 4 rings (SSSR count). The zero-order valence-corrected chi connectivity index (χ0v) is 19.7. The van der Waals surface area contributed by atoms with Gasteiger partial charge in [-0.1, -0.05) is 64.3 Å². The number of carbonyl (C=O) groups is 2. The summed E-state index contributed by atoms with van der Waals surface area (Å²) in [6.45, 7) is 5.80. The molecule has 154 valence electrons. The molecule has 0 radical (unpaired) electrons. The molecule has 4 aliphatic rings. The van der Waals surface area contributed by atoms with Crippen molar-refractivity contribution in [1.82, 2.24) is 0 Å². The second-order valence-corrected chi connectivity index (χ2v) is 12.3. The van der Waals surface area contributed by atoms with E-state index in [9.17, 15) is 19.8 Å². The second kappa shape index (κ2) is 6.35. The summed E-state index contributed by atoms with van der Waals surface area (Å²) >= 11 is 7.81. The van der Waals surface area contributed by atoms with Crippen molar-refractivity contribution >= 4 is 43.4 Å². The van der Waals surface area contributed by atoms with E-state index in [1.165, 1.54) is 0 Å². The number of aliphatic hydroxyl groups is 2. The van der Waals surface area contributed by atoms with Gasteiger partial charge in [-0.2, -0.15) is 0 Å². The predicted molar refractivity (Wildman–Crippen MR) is 114 cm³/mol. The summed E-state index contributed by atoms with van der Waals surface area (Å²) in [5, 5.41) is 21.2. The van der Waals surface area contributed by atoms with Gasteiger partial charge in [0.15, 0.2) is 11.6 Å². The fraction of sp³-hybridized carbons (Fsp3) is 0.727. The lowest BCUT2D eigenvalue weighted by Gasteiger charge is -2.64. The molecule has 3 saturated carbocycles. The van der Waals surface area contributed by atoms with Gasteiger partial charge >= 0.3 is 0 Å². The Labute approximate surface area is 183 Å². The predicted octanol–water partition coefficient (Wildman–Crippen LogP) is 3.72. The Kier molecular flexibility index (Phi) is 4.75. The van der Waals surface area contributed by atoms with Crippen molar-refractivity contribution in [2.45, 2.75) is 61.2 Å². The Bertz CT molecular complexity index is 806. The van der Waals surface area contributed by atoms with E-state index in [1.807, 2.05) is 6.08 Å². The van der Waals surface area contributed by atoms with Gasteiger partial charge in [0, 0.05) is 5.41 Å². The molecule has 4 aliphatic carbocycles. The highest BCUT2D eigenvalue weighted by Gasteiger charge is 2.73. The molecule has 0 heterocycles. The van der Waals surface area contributed by atoms with Crippen LogP contribution in [0.1, 0.15) is 46.5 Å². The minimum atomic E-state index is -0.829. The van der Waals surface area contributed by atoms with Crippen LogP contribution < -0.4 is 0 Å². The average molecular weight is 516 g/mol. The summed E-state index contributed by atoms with van der Waals surface area (Å²) in [4.78, 5) is 24.8. The molecule has 0 bridgehead atoms. The molecule has 0 aromatic carbocycles. The molecule has 0 aromatic rings. The van der Waals surface area contributed by atoms with Crippen molar-refractivity contribution in [3.63, 3.8) is 0 Å². The molecule has 8 atom stereocenters. The van der Waals surface area contributed by atoms with E-state index in [2.05, 4.69) is 52.6 Å². The lowest BCUT2D eigenvalue weighted by molar-refractivity contribution is -0.133. The molecule has 0 aliphatic heterocycles. The van der Waals surface area contributed by atoms with Crippen LogP contribution in [0.4, 0.5) is 0 Å². The SMILES string of the molecule is C[C@@H]1C[C@H]2[C@@H]3CCC4=CC(=O)C=C[C@]4(C)[C@@]3(Br)[C@@H](O)C[C@]2(C)[C@@]1(Br)C(=O)CO. The highest BCUT2D eigenvalue weighted by molar-refractivity contribution is 9.10.